The molecule has 0 fully saturated rings. The third-order valence-electron chi connectivity index (χ3n) is 13.8. The predicted octanol–water partition coefficient (Wildman–Crippen LogP) is 22.0. The fourth-order valence-electron chi connectivity index (χ4n) is 8.99. The van der Waals surface area contributed by atoms with Crippen molar-refractivity contribution in [1.82, 2.24) is 0 Å². The highest BCUT2D eigenvalue weighted by molar-refractivity contribution is 5.71. The van der Waals surface area contributed by atoms with Gasteiger partial charge in [0.1, 0.15) is 13.2 Å². The largest absolute Gasteiger partial charge is 0.462 e. The lowest BCUT2D eigenvalue weighted by molar-refractivity contribution is -0.166. The first kappa shape index (κ1) is 72.3. The maximum absolute atomic E-state index is 12.9. The van der Waals surface area contributed by atoms with Gasteiger partial charge in [-0.15, -0.1) is 0 Å². The molecule has 1 atom stereocenters. The molecule has 0 aromatic rings. The minimum Gasteiger partial charge on any atom is -0.462 e. The second-order valence-corrected chi connectivity index (χ2v) is 21.3. The van der Waals surface area contributed by atoms with Crippen molar-refractivity contribution in [2.24, 2.45) is 0 Å². The highest BCUT2D eigenvalue weighted by Crippen LogP contribution is 2.16. The van der Waals surface area contributed by atoms with Crippen LogP contribution in [0.3, 0.4) is 0 Å². The van der Waals surface area contributed by atoms with Crippen molar-refractivity contribution in [3.63, 3.8) is 0 Å². The highest BCUT2D eigenvalue weighted by Gasteiger charge is 2.19. The molecule has 1 unspecified atom stereocenters. The minimum atomic E-state index is -0.811. The minimum absolute atomic E-state index is 0.101. The smallest absolute Gasteiger partial charge is 0.306 e. The number of esters is 3. The zero-order valence-corrected chi connectivity index (χ0v) is 50.0. The van der Waals surface area contributed by atoms with Crippen LogP contribution in [-0.4, -0.2) is 37.2 Å². The molecule has 0 saturated heterocycles. The van der Waals surface area contributed by atoms with Crippen LogP contribution < -0.4 is 0 Å². The SMILES string of the molecule is CC/C=C\C/C=C\C/C=C\C/C=C\CCC(=O)OCC(COC(=O)CCCCCCCCCCCCCC/C=C\C/C=C\C/C=C\CCCCCCC)OC(=O)CCCCCCCCC/C=C\CCCCCCCCC. The van der Waals surface area contributed by atoms with Crippen molar-refractivity contribution in [2.75, 3.05) is 13.2 Å². The highest BCUT2D eigenvalue weighted by atomic mass is 16.6. The Labute approximate surface area is 470 Å². The molecular formula is C70H120O6. The van der Waals surface area contributed by atoms with Gasteiger partial charge in [-0.2, -0.15) is 0 Å². The van der Waals surface area contributed by atoms with Crippen LogP contribution in [0.1, 0.15) is 310 Å². The molecule has 0 aliphatic rings. The van der Waals surface area contributed by atoms with E-state index in [0.29, 0.717) is 19.3 Å². The average Bonchev–Trinajstić information content (AvgIpc) is 3.42. The molecule has 0 amide bonds. The standard InChI is InChI=1S/C70H120O6/c1-4-7-10-13-16-19-22-25-27-29-31-32-33-34-35-36-37-38-39-41-42-45-48-51-54-57-60-63-69(72)75-66-67(65-74-68(71)62-59-56-53-50-47-44-24-21-18-15-12-9-6-3)76-70(73)64-61-58-55-52-49-46-43-40-30-28-26-23-20-17-14-11-8-5-2/h9,12,18,21-22,25,28-31,33-34,44,47,53,56,67H,4-8,10-11,13-17,19-20,23-24,26-27,32,35-43,45-46,48-52,54-55,57-66H2,1-3H3/b12-9-,21-18-,25-22-,30-28-,31-29-,34-33-,47-44-,56-53-. The van der Waals surface area contributed by atoms with E-state index in [1.165, 1.54) is 186 Å². The molecule has 0 heterocycles. The Kier molecular flexibility index (Phi) is 60.8. The summed E-state index contributed by atoms with van der Waals surface area (Å²) in [5.74, 6) is -0.984. The van der Waals surface area contributed by atoms with E-state index >= 15 is 0 Å². The molecule has 0 aromatic heterocycles. The van der Waals surface area contributed by atoms with Crippen LogP contribution in [0.2, 0.25) is 0 Å². The van der Waals surface area contributed by atoms with E-state index < -0.39 is 6.10 Å². The van der Waals surface area contributed by atoms with Crippen LogP contribution in [-0.2, 0) is 28.6 Å². The first-order chi connectivity index (χ1) is 37.5. The molecule has 0 aliphatic heterocycles. The first-order valence-corrected chi connectivity index (χ1v) is 32.2. The van der Waals surface area contributed by atoms with Gasteiger partial charge in [-0.25, -0.2) is 0 Å². The molecule has 436 valence electrons. The van der Waals surface area contributed by atoms with Gasteiger partial charge in [0.05, 0.1) is 0 Å². The van der Waals surface area contributed by atoms with Crippen LogP contribution in [0.15, 0.2) is 97.2 Å². The van der Waals surface area contributed by atoms with Gasteiger partial charge in [-0.3, -0.25) is 14.4 Å². The Morgan fingerprint density at radius 2 is 0.539 bits per heavy atom. The van der Waals surface area contributed by atoms with Gasteiger partial charge in [0, 0.05) is 19.3 Å². The Hall–Kier alpha value is -3.67. The fraction of sp³-hybridized carbons (Fsp3) is 0.729. The summed E-state index contributed by atoms with van der Waals surface area (Å²) in [6.07, 6.45) is 85.8. The molecule has 0 aromatic carbocycles. The quantitative estimate of drug-likeness (QED) is 0.0261. The Balaban J connectivity index is 4.33. The third-order valence-corrected chi connectivity index (χ3v) is 13.8. The summed E-state index contributed by atoms with van der Waals surface area (Å²) in [4.78, 5) is 38.2. The second-order valence-electron chi connectivity index (χ2n) is 21.3. The molecule has 6 nitrogen and oxygen atoms in total. The van der Waals surface area contributed by atoms with Gasteiger partial charge >= 0.3 is 17.9 Å². The van der Waals surface area contributed by atoms with Crippen molar-refractivity contribution in [2.45, 2.75) is 316 Å². The van der Waals surface area contributed by atoms with Crippen LogP contribution in [0.4, 0.5) is 0 Å². The van der Waals surface area contributed by atoms with Gasteiger partial charge < -0.3 is 14.2 Å². The summed E-state index contributed by atoms with van der Waals surface area (Å²) in [5.41, 5.74) is 0. The number of carbonyl (C=O) groups excluding carboxylic acids is 3. The summed E-state index contributed by atoms with van der Waals surface area (Å²) in [5, 5.41) is 0. The first-order valence-electron chi connectivity index (χ1n) is 32.2. The molecule has 76 heavy (non-hydrogen) atoms. The number of carbonyl (C=O) groups is 3. The van der Waals surface area contributed by atoms with E-state index in [1.807, 2.05) is 6.08 Å². The van der Waals surface area contributed by atoms with Crippen molar-refractivity contribution in [3.05, 3.63) is 97.2 Å². The number of allylic oxidation sites excluding steroid dienone is 16. The number of rotatable bonds is 58. The third kappa shape index (κ3) is 61.2. The summed E-state index contributed by atoms with van der Waals surface area (Å²) in [7, 11) is 0. The molecule has 6 heteroatoms. The second kappa shape index (κ2) is 63.9. The molecular weight excluding hydrogens is 937 g/mol. The number of unbranched alkanes of at least 4 members (excludes halogenated alkanes) is 31. The van der Waals surface area contributed by atoms with E-state index in [-0.39, 0.29) is 37.5 Å². The van der Waals surface area contributed by atoms with Crippen LogP contribution in [0, 0.1) is 0 Å². The topological polar surface area (TPSA) is 78.9 Å². The predicted molar refractivity (Wildman–Crippen MR) is 330 cm³/mol. The number of hydrogen-bond acceptors (Lipinski definition) is 6. The van der Waals surface area contributed by atoms with Gasteiger partial charge in [0.25, 0.3) is 0 Å². The van der Waals surface area contributed by atoms with Gasteiger partial charge in [0.15, 0.2) is 6.10 Å². The molecule has 0 aliphatic carbocycles. The lowest BCUT2D eigenvalue weighted by atomic mass is 10.0. The summed E-state index contributed by atoms with van der Waals surface area (Å²) in [6.45, 7) is 6.47. The molecule has 0 spiro atoms. The van der Waals surface area contributed by atoms with Crippen molar-refractivity contribution in [3.8, 4) is 0 Å². The Bertz CT molecular complexity index is 1490. The van der Waals surface area contributed by atoms with E-state index in [4.69, 9.17) is 14.2 Å². The Morgan fingerprint density at radius 1 is 0.276 bits per heavy atom. The Morgan fingerprint density at radius 3 is 0.895 bits per heavy atom. The van der Waals surface area contributed by atoms with Crippen LogP contribution >= 0.6 is 0 Å². The molecule has 0 N–H and O–H groups in total. The van der Waals surface area contributed by atoms with Crippen molar-refractivity contribution >= 4 is 17.9 Å². The van der Waals surface area contributed by atoms with E-state index in [9.17, 15) is 14.4 Å². The van der Waals surface area contributed by atoms with Gasteiger partial charge in [-0.05, 0) is 109 Å². The van der Waals surface area contributed by atoms with E-state index in [2.05, 4.69) is 112 Å². The molecule has 0 saturated carbocycles. The van der Waals surface area contributed by atoms with Crippen molar-refractivity contribution < 1.29 is 28.6 Å². The molecule has 0 radical (unpaired) electrons. The summed E-state index contributed by atoms with van der Waals surface area (Å²) in [6, 6.07) is 0. The number of hydrogen-bond donors (Lipinski definition) is 0. The maximum atomic E-state index is 12.9. The zero-order chi connectivity index (χ0) is 55.0. The van der Waals surface area contributed by atoms with Gasteiger partial charge in [-0.1, -0.05) is 279 Å². The molecule has 0 rings (SSSR count). The molecule has 0 bridgehead atoms. The normalized spacial score (nSPS) is 12.7. The zero-order valence-electron chi connectivity index (χ0n) is 50.0. The van der Waals surface area contributed by atoms with Crippen LogP contribution in [0.25, 0.3) is 0 Å². The summed E-state index contributed by atoms with van der Waals surface area (Å²) >= 11 is 0. The monoisotopic (exact) mass is 1060 g/mol. The van der Waals surface area contributed by atoms with Crippen molar-refractivity contribution in [1.29, 1.82) is 0 Å². The van der Waals surface area contributed by atoms with Crippen LogP contribution in [0.5, 0.6) is 0 Å². The van der Waals surface area contributed by atoms with E-state index in [1.54, 1.807) is 0 Å². The lowest BCUT2D eigenvalue weighted by Crippen LogP contribution is -2.30. The lowest BCUT2D eigenvalue weighted by Gasteiger charge is -2.18. The maximum Gasteiger partial charge on any atom is 0.306 e. The number of ether oxygens (including phenoxy) is 3. The summed E-state index contributed by atoms with van der Waals surface area (Å²) < 4.78 is 16.8. The van der Waals surface area contributed by atoms with Gasteiger partial charge in [0.2, 0.25) is 0 Å². The van der Waals surface area contributed by atoms with E-state index in [0.717, 1.165) is 77.0 Å². The average molecular weight is 1060 g/mol. The fourth-order valence-corrected chi connectivity index (χ4v) is 8.99.